The van der Waals surface area contributed by atoms with Crippen molar-refractivity contribution in [3.05, 3.63) is 37.9 Å². The van der Waals surface area contributed by atoms with Gasteiger partial charge in [0.15, 0.2) is 0 Å². The molecule has 0 atom stereocenters. The van der Waals surface area contributed by atoms with Crippen molar-refractivity contribution in [1.29, 1.82) is 0 Å². The van der Waals surface area contributed by atoms with Crippen molar-refractivity contribution in [2.24, 2.45) is 10.9 Å². The lowest BCUT2D eigenvalue weighted by Crippen LogP contribution is -2.11. The van der Waals surface area contributed by atoms with Crippen LogP contribution in [-0.4, -0.2) is 16.9 Å². The van der Waals surface area contributed by atoms with E-state index in [2.05, 4.69) is 5.10 Å². The number of nitro benzene ring substituents is 1. The Morgan fingerprint density at radius 1 is 1.17 bits per heavy atom. The van der Waals surface area contributed by atoms with Crippen LogP contribution in [0.4, 0.5) is 5.69 Å². The third-order valence-electron chi connectivity index (χ3n) is 3.21. The highest BCUT2D eigenvalue weighted by Gasteiger charge is 2.24. The fourth-order valence-electron chi connectivity index (χ4n) is 2.07. The fraction of sp³-hybridized carbons (Fsp3) is 0.333. The number of nitrogens with zero attached hydrogens (tertiary/aromatic N) is 2. The molecule has 1 aromatic rings. The van der Waals surface area contributed by atoms with Crippen molar-refractivity contribution in [1.82, 2.24) is 0 Å². The molecule has 0 spiro atoms. The van der Waals surface area contributed by atoms with Crippen LogP contribution in [-0.2, 0) is 0 Å². The lowest BCUT2D eigenvalue weighted by Gasteiger charge is -2.13. The molecule has 2 N–H and O–H groups in total. The van der Waals surface area contributed by atoms with Crippen LogP contribution in [0, 0.1) is 37.8 Å². The Kier molecular flexibility index (Phi) is 3.80. The summed E-state index contributed by atoms with van der Waals surface area (Å²) in [5.41, 5.74) is 2.68. The first-order valence-electron chi connectivity index (χ1n) is 5.35. The van der Waals surface area contributed by atoms with E-state index >= 15 is 0 Å². The molecule has 0 aliphatic heterocycles. The number of carbonyl (C=O) groups excluding carboxylic acids is 1. The van der Waals surface area contributed by atoms with E-state index in [1.54, 1.807) is 27.7 Å². The van der Waals surface area contributed by atoms with Gasteiger partial charge in [-0.15, -0.1) is 0 Å². The number of hydrogen-bond acceptors (Lipinski definition) is 5. The van der Waals surface area contributed by atoms with Crippen LogP contribution >= 0.6 is 0 Å². The van der Waals surface area contributed by atoms with Gasteiger partial charge in [-0.3, -0.25) is 14.9 Å². The molecule has 0 radical (unpaired) electrons. The molecule has 6 heteroatoms. The summed E-state index contributed by atoms with van der Waals surface area (Å²) in [4.78, 5) is 22.5. The molecule has 1 aromatic carbocycles. The number of hydrazone groups is 1. The SMILES string of the molecule is Cc1c(C)c([N+](=O)[O-])c(C)c(C)c1C(=O)/C=N/N. The molecular formula is C12H15N3O3. The van der Waals surface area contributed by atoms with Gasteiger partial charge in [-0.2, -0.15) is 5.10 Å². The van der Waals surface area contributed by atoms with Crippen LogP contribution in [0.25, 0.3) is 0 Å². The molecule has 0 heterocycles. The maximum Gasteiger partial charge on any atom is 0.275 e. The summed E-state index contributed by atoms with van der Waals surface area (Å²) in [5, 5.41) is 14.2. The van der Waals surface area contributed by atoms with E-state index in [-0.39, 0.29) is 11.5 Å². The normalized spacial score (nSPS) is 10.9. The van der Waals surface area contributed by atoms with Crippen LogP contribution < -0.4 is 5.84 Å². The second-order valence-electron chi connectivity index (χ2n) is 4.12. The molecular weight excluding hydrogens is 234 g/mol. The van der Waals surface area contributed by atoms with Crippen molar-refractivity contribution in [2.45, 2.75) is 27.7 Å². The summed E-state index contributed by atoms with van der Waals surface area (Å²) in [6.07, 6.45) is 1.01. The summed E-state index contributed by atoms with van der Waals surface area (Å²) in [7, 11) is 0. The number of nitrogens with two attached hydrogens (primary N) is 1. The van der Waals surface area contributed by atoms with E-state index in [9.17, 15) is 14.9 Å². The third-order valence-corrected chi connectivity index (χ3v) is 3.21. The quantitative estimate of drug-likeness (QED) is 0.291. The summed E-state index contributed by atoms with van der Waals surface area (Å²) < 4.78 is 0. The minimum absolute atomic E-state index is 0.0613. The first-order chi connectivity index (χ1) is 8.32. The van der Waals surface area contributed by atoms with E-state index in [1.807, 2.05) is 0 Å². The van der Waals surface area contributed by atoms with Crippen LogP contribution in [0.15, 0.2) is 5.10 Å². The number of rotatable bonds is 3. The molecule has 0 saturated heterocycles. The number of Topliss-reactive ketones (excluding diaryl/α,β-unsaturated/α-hetero) is 1. The highest BCUT2D eigenvalue weighted by atomic mass is 16.6. The molecule has 0 fully saturated rings. The van der Waals surface area contributed by atoms with Gasteiger partial charge >= 0.3 is 0 Å². The topological polar surface area (TPSA) is 98.6 Å². The first-order valence-corrected chi connectivity index (χ1v) is 5.35. The molecule has 0 aliphatic carbocycles. The molecule has 0 aromatic heterocycles. The molecule has 96 valence electrons. The molecule has 0 amide bonds. The molecule has 0 unspecified atom stereocenters. The number of ketones is 1. The zero-order valence-corrected chi connectivity index (χ0v) is 10.8. The second-order valence-corrected chi connectivity index (χ2v) is 4.12. The van der Waals surface area contributed by atoms with Crippen molar-refractivity contribution >= 4 is 17.7 Å². The van der Waals surface area contributed by atoms with E-state index in [0.29, 0.717) is 27.8 Å². The third kappa shape index (κ3) is 2.09. The van der Waals surface area contributed by atoms with E-state index in [1.165, 1.54) is 0 Å². The Labute approximate surface area is 105 Å². The fourth-order valence-corrected chi connectivity index (χ4v) is 2.07. The summed E-state index contributed by atoms with van der Waals surface area (Å²) in [6.45, 7) is 6.64. The standard InChI is InChI=1S/C12H15N3O3/c1-6-8(3)12(15(17)18)9(4)7(2)11(6)10(16)5-14-13/h5H,13H2,1-4H3/b14-5+. The highest BCUT2D eigenvalue weighted by Crippen LogP contribution is 2.32. The lowest BCUT2D eigenvalue weighted by atomic mass is 9.90. The van der Waals surface area contributed by atoms with E-state index < -0.39 is 4.92 Å². The molecule has 0 aliphatic rings. The monoisotopic (exact) mass is 249 g/mol. The largest absolute Gasteiger partial charge is 0.323 e. The zero-order chi connectivity index (χ0) is 14.0. The van der Waals surface area contributed by atoms with E-state index in [0.717, 1.165) is 6.21 Å². The van der Waals surface area contributed by atoms with Gasteiger partial charge < -0.3 is 5.84 Å². The highest BCUT2D eigenvalue weighted by molar-refractivity contribution is 6.36. The average Bonchev–Trinajstić information content (AvgIpc) is 2.27. The number of nitro groups is 1. The van der Waals surface area contributed by atoms with Crippen LogP contribution in [0.3, 0.4) is 0 Å². The minimum Gasteiger partial charge on any atom is -0.323 e. The van der Waals surface area contributed by atoms with Gasteiger partial charge in [-0.05, 0) is 38.8 Å². The van der Waals surface area contributed by atoms with E-state index in [4.69, 9.17) is 5.84 Å². The Morgan fingerprint density at radius 3 is 1.94 bits per heavy atom. The number of hydrogen-bond donors (Lipinski definition) is 1. The van der Waals surface area contributed by atoms with Gasteiger partial charge in [0.2, 0.25) is 5.78 Å². The predicted octanol–water partition coefficient (Wildman–Crippen LogP) is 1.96. The molecule has 6 nitrogen and oxygen atoms in total. The van der Waals surface area contributed by atoms with Gasteiger partial charge in [0.05, 0.1) is 11.1 Å². The summed E-state index contributed by atoms with van der Waals surface area (Å²) in [6, 6.07) is 0. The maximum atomic E-state index is 11.9. The Morgan fingerprint density at radius 2 is 1.61 bits per heavy atom. The Hall–Kier alpha value is -2.24. The molecule has 0 bridgehead atoms. The lowest BCUT2D eigenvalue weighted by molar-refractivity contribution is -0.386. The van der Waals surface area contributed by atoms with Gasteiger partial charge in [-0.1, -0.05) is 0 Å². The Balaban J connectivity index is 3.69. The second kappa shape index (κ2) is 4.95. The predicted molar refractivity (Wildman–Crippen MR) is 69.1 cm³/mol. The zero-order valence-electron chi connectivity index (χ0n) is 10.8. The van der Waals surface area contributed by atoms with Crippen molar-refractivity contribution in [3.63, 3.8) is 0 Å². The van der Waals surface area contributed by atoms with Crippen LogP contribution in [0.1, 0.15) is 32.6 Å². The van der Waals surface area contributed by atoms with Gasteiger partial charge in [0.25, 0.3) is 5.69 Å². The Bertz CT molecular complexity index is 533. The summed E-state index contributed by atoms with van der Waals surface area (Å²) in [5.74, 6) is 4.62. The van der Waals surface area contributed by atoms with Gasteiger partial charge in [0, 0.05) is 16.7 Å². The van der Waals surface area contributed by atoms with Crippen LogP contribution in [0.2, 0.25) is 0 Å². The first kappa shape index (κ1) is 13.8. The molecule has 18 heavy (non-hydrogen) atoms. The smallest absolute Gasteiger partial charge is 0.275 e. The number of carbonyl (C=O) groups is 1. The molecule has 1 rings (SSSR count). The van der Waals surface area contributed by atoms with Crippen LogP contribution in [0.5, 0.6) is 0 Å². The number of benzene rings is 1. The van der Waals surface area contributed by atoms with Crippen molar-refractivity contribution in [3.8, 4) is 0 Å². The maximum absolute atomic E-state index is 11.9. The minimum atomic E-state index is -0.421. The van der Waals surface area contributed by atoms with Crippen molar-refractivity contribution in [2.75, 3.05) is 0 Å². The van der Waals surface area contributed by atoms with Gasteiger partial charge in [-0.25, -0.2) is 0 Å². The summed E-state index contributed by atoms with van der Waals surface area (Å²) >= 11 is 0. The van der Waals surface area contributed by atoms with Gasteiger partial charge in [0.1, 0.15) is 0 Å². The molecule has 0 saturated carbocycles. The average molecular weight is 249 g/mol. The van der Waals surface area contributed by atoms with Crippen molar-refractivity contribution < 1.29 is 9.72 Å².